The monoisotopic (exact) mass is 385 g/mol. The predicted octanol–water partition coefficient (Wildman–Crippen LogP) is 3.42. The Hall–Kier alpha value is -2.51. The number of nitrogens with zero attached hydrogens (tertiary/aromatic N) is 3. The van der Waals surface area contributed by atoms with E-state index in [9.17, 15) is 5.11 Å². The van der Waals surface area contributed by atoms with E-state index in [0.717, 1.165) is 22.4 Å². The summed E-state index contributed by atoms with van der Waals surface area (Å²) < 4.78 is 12.7. The number of aryl methyl sites for hydroxylation is 2. The Morgan fingerprint density at radius 3 is 2.33 bits per heavy atom. The Morgan fingerprint density at radius 1 is 1.00 bits per heavy atom. The number of ether oxygens (including phenoxy) is 2. The lowest BCUT2D eigenvalue weighted by Crippen LogP contribution is -2.20. The summed E-state index contributed by atoms with van der Waals surface area (Å²) >= 11 is 1.46. The van der Waals surface area contributed by atoms with E-state index in [2.05, 4.69) is 29.3 Å². The number of thioether (sulfide) groups is 1. The Labute approximate surface area is 163 Å². The largest absolute Gasteiger partial charge is 0.497 e. The van der Waals surface area contributed by atoms with E-state index in [1.165, 1.54) is 17.3 Å². The number of methoxy groups -OCH3 is 1. The van der Waals surface area contributed by atoms with E-state index in [-0.39, 0.29) is 6.61 Å². The quantitative estimate of drug-likeness (QED) is 0.599. The fourth-order valence-electron chi connectivity index (χ4n) is 2.51. The smallest absolute Gasteiger partial charge is 0.195 e. The van der Waals surface area contributed by atoms with E-state index >= 15 is 0 Å². The van der Waals surface area contributed by atoms with Crippen molar-refractivity contribution in [1.82, 2.24) is 14.8 Å². The lowest BCUT2D eigenvalue weighted by atomic mass is 10.2. The van der Waals surface area contributed by atoms with Gasteiger partial charge in [-0.25, -0.2) is 0 Å². The van der Waals surface area contributed by atoms with Crippen LogP contribution in [0.15, 0.2) is 53.7 Å². The fraction of sp³-hybridized carbons (Fsp3) is 0.300. The second kappa shape index (κ2) is 8.92. The first-order valence-electron chi connectivity index (χ1n) is 8.63. The van der Waals surface area contributed by atoms with Crippen LogP contribution in [0, 0.1) is 13.8 Å². The van der Waals surface area contributed by atoms with E-state index in [4.69, 9.17) is 9.47 Å². The molecule has 3 aromatic rings. The molecule has 0 saturated heterocycles. The molecule has 6 nitrogen and oxygen atoms in total. The van der Waals surface area contributed by atoms with Gasteiger partial charge in [0.15, 0.2) is 5.16 Å². The molecule has 0 amide bonds. The Kier molecular flexibility index (Phi) is 6.36. The van der Waals surface area contributed by atoms with Crippen molar-refractivity contribution in [2.45, 2.75) is 25.1 Å². The van der Waals surface area contributed by atoms with Crippen LogP contribution in [0.2, 0.25) is 0 Å². The zero-order valence-corrected chi connectivity index (χ0v) is 16.4. The Balaban J connectivity index is 1.57. The van der Waals surface area contributed by atoms with Gasteiger partial charge in [0, 0.05) is 11.4 Å². The third-order valence-electron chi connectivity index (χ3n) is 3.99. The number of benzene rings is 2. The molecule has 1 unspecified atom stereocenters. The summed E-state index contributed by atoms with van der Waals surface area (Å²) in [4.78, 5) is 0. The maximum atomic E-state index is 10.2. The van der Waals surface area contributed by atoms with Crippen molar-refractivity contribution in [1.29, 1.82) is 0 Å². The SMILES string of the molecule is COc1ccc(OCC(O)CSc2nnc(C)n2-c2ccc(C)cc2)cc1. The molecule has 2 aromatic carbocycles. The van der Waals surface area contributed by atoms with Gasteiger partial charge in [0.05, 0.1) is 13.2 Å². The highest BCUT2D eigenvalue weighted by atomic mass is 32.2. The first-order chi connectivity index (χ1) is 13.1. The molecular formula is C20H23N3O3S. The molecule has 1 heterocycles. The third kappa shape index (κ3) is 5.02. The highest BCUT2D eigenvalue weighted by Crippen LogP contribution is 2.23. The van der Waals surface area contributed by atoms with Gasteiger partial charge in [0.2, 0.25) is 0 Å². The average Bonchev–Trinajstić information content (AvgIpc) is 3.06. The van der Waals surface area contributed by atoms with Crippen LogP contribution >= 0.6 is 11.8 Å². The Bertz CT molecular complexity index is 863. The van der Waals surface area contributed by atoms with Crippen molar-refractivity contribution in [2.24, 2.45) is 0 Å². The first-order valence-corrected chi connectivity index (χ1v) is 9.62. The number of aliphatic hydroxyl groups is 1. The minimum Gasteiger partial charge on any atom is -0.497 e. The average molecular weight is 385 g/mol. The molecule has 1 N–H and O–H groups in total. The standard InChI is InChI=1S/C20H23N3O3S/c1-14-4-6-16(7-5-14)23-15(2)21-22-20(23)27-13-17(24)12-26-19-10-8-18(25-3)9-11-19/h4-11,17,24H,12-13H2,1-3H3. The highest BCUT2D eigenvalue weighted by Gasteiger charge is 2.14. The number of aromatic nitrogens is 3. The van der Waals surface area contributed by atoms with Crippen LogP contribution in [-0.4, -0.2) is 45.4 Å². The summed E-state index contributed by atoms with van der Waals surface area (Å²) in [5.74, 6) is 2.73. The van der Waals surface area contributed by atoms with Crippen LogP contribution in [0.1, 0.15) is 11.4 Å². The highest BCUT2D eigenvalue weighted by molar-refractivity contribution is 7.99. The van der Waals surface area contributed by atoms with Crippen LogP contribution in [0.25, 0.3) is 5.69 Å². The van der Waals surface area contributed by atoms with Gasteiger partial charge in [0.1, 0.15) is 23.9 Å². The summed E-state index contributed by atoms with van der Waals surface area (Å²) in [6, 6.07) is 15.5. The topological polar surface area (TPSA) is 69.4 Å². The van der Waals surface area contributed by atoms with Crippen molar-refractivity contribution < 1.29 is 14.6 Å². The van der Waals surface area contributed by atoms with Gasteiger partial charge in [-0.15, -0.1) is 10.2 Å². The molecule has 1 atom stereocenters. The summed E-state index contributed by atoms with van der Waals surface area (Å²) in [7, 11) is 1.62. The second-order valence-corrected chi connectivity index (χ2v) is 7.14. The summed E-state index contributed by atoms with van der Waals surface area (Å²) in [6.07, 6.45) is -0.624. The van der Waals surface area contributed by atoms with E-state index in [0.29, 0.717) is 11.5 Å². The lowest BCUT2D eigenvalue weighted by Gasteiger charge is -2.13. The maximum absolute atomic E-state index is 10.2. The van der Waals surface area contributed by atoms with E-state index in [1.54, 1.807) is 7.11 Å². The second-order valence-electron chi connectivity index (χ2n) is 6.15. The number of aliphatic hydroxyl groups excluding tert-OH is 1. The normalized spacial score (nSPS) is 12.0. The van der Waals surface area contributed by atoms with Crippen molar-refractivity contribution in [2.75, 3.05) is 19.5 Å². The third-order valence-corrected chi connectivity index (χ3v) is 5.07. The van der Waals surface area contributed by atoms with Gasteiger partial charge in [-0.1, -0.05) is 29.5 Å². The van der Waals surface area contributed by atoms with Crippen LogP contribution in [0.3, 0.4) is 0 Å². The first kappa shape index (κ1) is 19.3. The molecule has 1 aromatic heterocycles. The molecule has 3 rings (SSSR count). The molecule has 0 aliphatic carbocycles. The fourth-order valence-corrected chi connectivity index (χ4v) is 3.41. The summed E-state index contributed by atoms with van der Waals surface area (Å²) in [6.45, 7) is 4.18. The maximum Gasteiger partial charge on any atom is 0.195 e. The van der Waals surface area contributed by atoms with Gasteiger partial charge in [-0.3, -0.25) is 4.57 Å². The van der Waals surface area contributed by atoms with Gasteiger partial charge in [-0.05, 0) is 50.2 Å². The molecule has 0 aliphatic heterocycles. The zero-order valence-electron chi connectivity index (χ0n) is 15.6. The predicted molar refractivity (Wildman–Crippen MR) is 106 cm³/mol. The van der Waals surface area contributed by atoms with Gasteiger partial charge >= 0.3 is 0 Å². The molecule has 0 saturated carbocycles. The summed E-state index contributed by atoms with van der Waals surface area (Å²) in [5.41, 5.74) is 2.21. The Morgan fingerprint density at radius 2 is 1.67 bits per heavy atom. The van der Waals surface area contributed by atoms with Crippen molar-refractivity contribution in [3.05, 3.63) is 59.9 Å². The number of hydrogen-bond acceptors (Lipinski definition) is 6. The molecule has 0 aliphatic rings. The zero-order chi connectivity index (χ0) is 19.2. The minimum atomic E-state index is -0.624. The van der Waals surface area contributed by atoms with Gasteiger partial charge < -0.3 is 14.6 Å². The number of rotatable bonds is 8. The molecule has 0 spiro atoms. The molecule has 27 heavy (non-hydrogen) atoms. The van der Waals surface area contributed by atoms with Crippen LogP contribution < -0.4 is 9.47 Å². The minimum absolute atomic E-state index is 0.205. The molecule has 0 bridgehead atoms. The molecule has 7 heteroatoms. The molecular weight excluding hydrogens is 362 g/mol. The van der Waals surface area contributed by atoms with Crippen LogP contribution in [-0.2, 0) is 0 Å². The molecule has 0 radical (unpaired) electrons. The van der Waals surface area contributed by atoms with Gasteiger partial charge in [-0.2, -0.15) is 0 Å². The van der Waals surface area contributed by atoms with Crippen LogP contribution in [0.5, 0.6) is 11.5 Å². The molecule has 142 valence electrons. The lowest BCUT2D eigenvalue weighted by molar-refractivity contribution is 0.126. The van der Waals surface area contributed by atoms with E-state index in [1.807, 2.05) is 47.9 Å². The van der Waals surface area contributed by atoms with Crippen molar-refractivity contribution >= 4 is 11.8 Å². The van der Waals surface area contributed by atoms with Crippen LogP contribution in [0.4, 0.5) is 0 Å². The van der Waals surface area contributed by atoms with E-state index < -0.39 is 6.10 Å². The van der Waals surface area contributed by atoms with Gasteiger partial charge in [0.25, 0.3) is 0 Å². The molecule has 0 fully saturated rings. The summed E-state index contributed by atoms with van der Waals surface area (Å²) in [5, 5.41) is 19.4. The van der Waals surface area contributed by atoms with Crippen molar-refractivity contribution in [3.8, 4) is 17.2 Å². The van der Waals surface area contributed by atoms with Crippen molar-refractivity contribution in [3.63, 3.8) is 0 Å². The number of hydrogen-bond donors (Lipinski definition) is 1.